The van der Waals surface area contributed by atoms with Gasteiger partial charge in [0, 0.05) is 13.2 Å². The fourth-order valence-electron chi connectivity index (χ4n) is 1.74. The Hall–Kier alpha value is -1.20. The molecular formula is C12H15FN2OS. The van der Waals surface area contributed by atoms with Crippen molar-refractivity contribution >= 4 is 23.0 Å². The van der Waals surface area contributed by atoms with E-state index in [-0.39, 0.29) is 11.9 Å². The van der Waals surface area contributed by atoms with Gasteiger partial charge in [0.2, 0.25) is 0 Å². The highest BCUT2D eigenvalue weighted by Gasteiger charge is 2.15. The Morgan fingerprint density at radius 3 is 3.00 bits per heavy atom. The molecule has 2 N–H and O–H groups in total. The predicted octanol–water partition coefficient (Wildman–Crippen LogP) is 2.29. The number of halogens is 1. The third-order valence-electron chi connectivity index (χ3n) is 2.64. The van der Waals surface area contributed by atoms with Gasteiger partial charge in [0.05, 0.1) is 11.8 Å². The minimum atomic E-state index is -0.311. The lowest BCUT2D eigenvalue weighted by atomic mass is 10.2. The minimum absolute atomic E-state index is 0.218. The quantitative estimate of drug-likeness (QED) is 0.811. The number of benzene rings is 1. The second-order valence-electron chi connectivity index (χ2n) is 3.95. The second-order valence-corrected chi connectivity index (χ2v) is 4.36. The first-order valence-electron chi connectivity index (χ1n) is 5.66. The Morgan fingerprint density at radius 2 is 2.29 bits per heavy atom. The van der Waals surface area contributed by atoms with Crippen LogP contribution in [-0.4, -0.2) is 24.4 Å². The predicted molar refractivity (Wildman–Crippen MR) is 69.6 cm³/mol. The van der Waals surface area contributed by atoms with E-state index in [0.717, 1.165) is 19.4 Å². The monoisotopic (exact) mass is 254 g/mol. The van der Waals surface area contributed by atoms with Crippen molar-refractivity contribution in [2.45, 2.75) is 18.9 Å². The summed E-state index contributed by atoms with van der Waals surface area (Å²) < 4.78 is 18.8. The molecule has 0 amide bonds. The topological polar surface area (TPSA) is 33.3 Å². The van der Waals surface area contributed by atoms with E-state index < -0.39 is 0 Å². The van der Waals surface area contributed by atoms with Gasteiger partial charge in [-0.3, -0.25) is 0 Å². The number of nitrogens with one attached hydrogen (secondary N) is 2. The Labute approximate surface area is 105 Å². The Kier molecular flexibility index (Phi) is 4.28. The van der Waals surface area contributed by atoms with E-state index in [4.69, 9.17) is 17.0 Å². The summed E-state index contributed by atoms with van der Waals surface area (Å²) in [4.78, 5) is 0. The van der Waals surface area contributed by atoms with Crippen molar-refractivity contribution in [2.24, 2.45) is 0 Å². The lowest BCUT2D eigenvalue weighted by Gasteiger charge is -2.14. The summed E-state index contributed by atoms with van der Waals surface area (Å²) in [6.07, 6.45) is 2.37. The molecular weight excluding hydrogens is 239 g/mol. The summed E-state index contributed by atoms with van der Waals surface area (Å²) in [6, 6.07) is 6.44. The van der Waals surface area contributed by atoms with Crippen LogP contribution in [0.2, 0.25) is 0 Å². The van der Waals surface area contributed by atoms with Crippen molar-refractivity contribution in [1.82, 2.24) is 5.32 Å². The number of anilines is 1. The molecule has 0 aliphatic carbocycles. The van der Waals surface area contributed by atoms with Crippen molar-refractivity contribution in [1.29, 1.82) is 0 Å². The number of rotatable bonds is 3. The van der Waals surface area contributed by atoms with E-state index in [1.165, 1.54) is 6.07 Å². The van der Waals surface area contributed by atoms with Gasteiger partial charge in [-0.05, 0) is 37.2 Å². The van der Waals surface area contributed by atoms with Crippen LogP contribution in [0.3, 0.4) is 0 Å². The highest BCUT2D eigenvalue weighted by Crippen LogP contribution is 2.13. The largest absolute Gasteiger partial charge is 0.376 e. The standard InChI is InChI=1S/C12H15FN2OS/c13-10-5-1-2-6-11(10)15-12(17)14-8-9-4-3-7-16-9/h1-2,5-6,9H,3-4,7-8H2,(H2,14,15,17)/t9-/m0/s1. The van der Waals surface area contributed by atoms with Crippen LogP contribution < -0.4 is 10.6 Å². The Bertz CT molecular complexity index is 394. The zero-order chi connectivity index (χ0) is 12.1. The summed E-state index contributed by atoms with van der Waals surface area (Å²) in [5.41, 5.74) is 0.386. The number of para-hydroxylation sites is 1. The first kappa shape index (κ1) is 12.3. The highest BCUT2D eigenvalue weighted by atomic mass is 32.1. The lowest BCUT2D eigenvalue weighted by Crippen LogP contribution is -2.35. The fourth-order valence-corrected chi connectivity index (χ4v) is 1.93. The van der Waals surface area contributed by atoms with Crippen LogP contribution in [0.4, 0.5) is 10.1 Å². The number of hydrogen-bond donors (Lipinski definition) is 2. The van der Waals surface area contributed by atoms with Crippen molar-refractivity contribution in [3.8, 4) is 0 Å². The maximum Gasteiger partial charge on any atom is 0.170 e. The van der Waals surface area contributed by atoms with E-state index in [2.05, 4.69) is 10.6 Å². The lowest BCUT2D eigenvalue weighted by molar-refractivity contribution is 0.114. The maximum atomic E-state index is 13.3. The van der Waals surface area contributed by atoms with Gasteiger partial charge in [-0.1, -0.05) is 12.1 Å². The van der Waals surface area contributed by atoms with Crippen molar-refractivity contribution in [3.63, 3.8) is 0 Å². The molecule has 1 aromatic rings. The van der Waals surface area contributed by atoms with Gasteiger partial charge in [0.1, 0.15) is 5.82 Å². The molecule has 0 bridgehead atoms. The molecule has 92 valence electrons. The number of hydrogen-bond acceptors (Lipinski definition) is 2. The van der Waals surface area contributed by atoms with Crippen LogP contribution in [0.1, 0.15) is 12.8 Å². The fraction of sp³-hybridized carbons (Fsp3) is 0.417. The minimum Gasteiger partial charge on any atom is -0.376 e. The molecule has 1 aliphatic heterocycles. The molecule has 0 unspecified atom stereocenters. The van der Waals surface area contributed by atoms with Gasteiger partial charge in [-0.15, -0.1) is 0 Å². The summed E-state index contributed by atoms with van der Waals surface area (Å²) in [6.45, 7) is 1.49. The van der Waals surface area contributed by atoms with Crippen LogP contribution >= 0.6 is 12.2 Å². The van der Waals surface area contributed by atoms with Gasteiger partial charge < -0.3 is 15.4 Å². The van der Waals surface area contributed by atoms with Crippen LogP contribution in [0.5, 0.6) is 0 Å². The van der Waals surface area contributed by atoms with Crippen LogP contribution in [0, 0.1) is 5.82 Å². The van der Waals surface area contributed by atoms with Crippen LogP contribution in [0.15, 0.2) is 24.3 Å². The summed E-state index contributed by atoms with van der Waals surface area (Å²) in [5, 5.41) is 6.27. The summed E-state index contributed by atoms with van der Waals surface area (Å²) in [7, 11) is 0. The molecule has 1 saturated heterocycles. The van der Waals surface area contributed by atoms with Crippen molar-refractivity contribution < 1.29 is 9.13 Å². The van der Waals surface area contributed by atoms with E-state index >= 15 is 0 Å². The summed E-state index contributed by atoms with van der Waals surface area (Å²) in [5.74, 6) is -0.311. The third-order valence-corrected chi connectivity index (χ3v) is 2.88. The number of thiocarbonyl (C=S) groups is 1. The third kappa shape index (κ3) is 3.64. The molecule has 1 aliphatic rings. The molecule has 0 saturated carbocycles. The van der Waals surface area contributed by atoms with E-state index in [9.17, 15) is 4.39 Å². The molecule has 0 spiro atoms. The average Bonchev–Trinajstić information content (AvgIpc) is 2.82. The van der Waals surface area contributed by atoms with E-state index in [1.807, 2.05) is 0 Å². The molecule has 1 atom stereocenters. The molecule has 3 nitrogen and oxygen atoms in total. The normalized spacial score (nSPS) is 19.0. The maximum absolute atomic E-state index is 13.3. The zero-order valence-corrected chi connectivity index (χ0v) is 10.2. The Morgan fingerprint density at radius 1 is 1.47 bits per heavy atom. The molecule has 2 rings (SSSR count). The van der Waals surface area contributed by atoms with Gasteiger partial charge >= 0.3 is 0 Å². The Balaban J connectivity index is 1.79. The second kappa shape index (κ2) is 5.93. The molecule has 1 heterocycles. The molecule has 1 fully saturated rings. The molecule has 17 heavy (non-hydrogen) atoms. The van der Waals surface area contributed by atoms with Crippen molar-refractivity contribution in [2.75, 3.05) is 18.5 Å². The summed E-state index contributed by atoms with van der Waals surface area (Å²) >= 11 is 5.09. The SMILES string of the molecule is Fc1ccccc1NC(=S)NC[C@@H]1CCCO1. The van der Waals surface area contributed by atoms with Crippen LogP contribution in [-0.2, 0) is 4.74 Å². The van der Waals surface area contributed by atoms with Gasteiger partial charge in [0.15, 0.2) is 5.11 Å². The molecule has 0 aromatic heterocycles. The van der Waals surface area contributed by atoms with Crippen LogP contribution in [0.25, 0.3) is 0 Å². The smallest absolute Gasteiger partial charge is 0.170 e. The number of ether oxygens (including phenoxy) is 1. The first-order chi connectivity index (χ1) is 8.25. The van der Waals surface area contributed by atoms with Gasteiger partial charge in [0.25, 0.3) is 0 Å². The first-order valence-corrected chi connectivity index (χ1v) is 6.07. The van der Waals surface area contributed by atoms with E-state index in [1.54, 1.807) is 18.2 Å². The molecule has 0 radical (unpaired) electrons. The average molecular weight is 254 g/mol. The molecule has 1 aromatic carbocycles. The zero-order valence-electron chi connectivity index (χ0n) is 9.41. The van der Waals surface area contributed by atoms with E-state index in [0.29, 0.717) is 17.3 Å². The van der Waals surface area contributed by atoms with Crippen molar-refractivity contribution in [3.05, 3.63) is 30.1 Å². The van der Waals surface area contributed by atoms with Gasteiger partial charge in [-0.25, -0.2) is 4.39 Å². The highest BCUT2D eigenvalue weighted by molar-refractivity contribution is 7.80. The molecule has 5 heteroatoms. The van der Waals surface area contributed by atoms with Gasteiger partial charge in [-0.2, -0.15) is 0 Å².